The van der Waals surface area contributed by atoms with Gasteiger partial charge in [0.1, 0.15) is 15.6 Å². The molecule has 32 heavy (non-hydrogen) atoms. The molecule has 2 aromatic carbocycles. The zero-order valence-corrected chi connectivity index (χ0v) is 19.6. The minimum atomic E-state index is -3.02. The Morgan fingerprint density at radius 2 is 1.78 bits per heavy atom. The number of methoxy groups -OCH3 is 1. The Labute approximate surface area is 191 Å². The SMILES string of the molecule is COc1cccc(CNCC(O)C(Cc2ccccc2)NC(=O)CCCCS(C)(=O)=O)c1. The Balaban J connectivity index is 1.90. The number of hydrogen-bond acceptors (Lipinski definition) is 6. The average Bonchev–Trinajstić information content (AvgIpc) is 2.76. The third-order valence-corrected chi connectivity index (χ3v) is 6.13. The van der Waals surface area contributed by atoms with Crippen LogP contribution in [-0.4, -0.2) is 57.2 Å². The van der Waals surface area contributed by atoms with Gasteiger partial charge in [-0.05, 0) is 42.5 Å². The second kappa shape index (κ2) is 13.2. The van der Waals surface area contributed by atoms with Gasteiger partial charge in [0.2, 0.25) is 5.91 Å². The minimum absolute atomic E-state index is 0.0739. The fourth-order valence-electron chi connectivity index (χ4n) is 3.37. The summed E-state index contributed by atoms with van der Waals surface area (Å²) in [5, 5.41) is 17.0. The molecule has 0 aliphatic carbocycles. The first kappa shape index (κ1) is 25.8. The first-order valence-electron chi connectivity index (χ1n) is 10.8. The molecule has 0 radical (unpaired) electrons. The zero-order valence-electron chi connectivity index (χ0n) is 18.8. The summed E-state index contributed by atoms with van der Waals surface area (Å²) in [6.45, 7) is 0.870. The summed E-state index contributed by atoms with van der Waals surface area (Å²) in [5.41, 5.74) is 2.05. The molecule has 0 heterocycles. The van der Waals surface area contributed by atoms with E-state index in [1.807, 2.05) is 54.6 Å². The van der Waals surface area contributed by atoms with Crippen LogP contribution in [0.4, 0.5) is 0 Å². The molecular weight excluding hydrogens is 428 g/mol. The number of hydrogen-bond donors (Lipinski definition) is 3. The normalized spacial score (nSPS) is 13.3. The van der Waals surface area contributed by atoms with Gasteiger partial charge in [-0.15, -0.1) is 0 Å². The van der Waals surface area contributed by atoms with Gasteiger partial charge in [0, 0.05) is 31.5 Å². The third kappa shape index (κ3) is 10.3. The number of ether oxygens (including phenoxy) is 1. The molecular formula is C24H34N2O5S. The Bertz CT molecular complexity index is 934. The summed E-state index contributed by atoms with van der Waals surface area (Å²) in [6.07, 6.45) is 2.06. The van der Waals surface area contributed by atoms with Crippen LogP contribution in [0.3, 0.4) is 0 Å². The summed E-state index contributed by atoms with van der Waals surface area (Å²) in [6, 6.07) is 16.9. The lowest BCUT2D eigenvalue weighted by molar-refractivity contribution is -0.122. The molecule has 2 aromatic rings. The zero-order chi connectivity index (χ0) is 23.4. The molecule has 8 heteroatoms. The van der Waals surface area contributed by atoms with Gasteiger partial charge in [-0.25, -0.2) is 8.42 Å². The van der Waals surface area contributed by atoms with Crippen LogP contribution in [0.25, 0.3) is 0 Å². The number of aliphatic hydroxyl groups is 1. The Morgan fingerprint density at radius 1 is 1.06 bits per heavy atom. The summed E-state index contributed by atoms with van der Waals surface area (Å²) in [7, 11) is -1.41. The number of carbonyl (C=O) groups excluding carboxylic acids is 1. The molecule has 176 valence electrons. The van der Waals surface area contributed by atoms with E-state index in [2.05, 4.69) is 10.6 Å². The molecule has 0 aliphatic heterocycles. The van der Waals surface area contributed by atoms with Crippen molar-refractivity contribution in [1.82, 2.24) is 10.6 Å². The smallest absolute Gasteiger partial charge is 0.220 e. The number of sulfone groups is 1. The standard InChI is InChI=1S/C24H34N2O5S/c1-31-21-12-8-11-20(15-21)17-25-18-23(27)22(16-19-9-4-3-5-10-19)26-24(28)13-6-7-14-32(2,29)30/h3-5,8-12,15,22-23,25,27H,6-7,13-14,16-18H2,1-2H3,(H,26,28). The van der Waals surface area contributed by atoms with Crippen molar-refractivity contribution in [3.8, 4) is 5.75 Å². The van der Waals surface area contributed by atoms with Crippen LogP contribution >= 0.6 is 0 Å². The Morgan fingerprint density at radius 3 is 2.47 bits per heavy atom. The second-order valence-corrected chi connectivity index (χ2v) is 10.3. The van der Waals surface area contributed by atoms with Gasteiger partial charge in [0.15, 0.2) is 0 Å². The van der Waals surface area contributed by atoms with Gasteiger partial charge in [0.05, 0.1) is 19.3 Å². The lowest BCUT2D eigenvalue weighted by atomic mass is 10.0. The van der Waals surface area contributed by atoms with E-state index in [9.17, 15) is 18.3 Å². The fourth-order valence-corrected chi connectivity index (χ4v) is 4.10. The molecule has 1 amide bonds. The maximum Gasteiger partial charge on any atom is 0.220 e. The number of aliphatic hydroxyl groups excluding tert-OH is 1. The predicted octanol–water partition coefficient (Wildman–Crippen LogP) is 2.09. The van der Waals surface area contributed by atoms with Crippen LogP contribution < -0.4 is 15.4 Å². The van der Waals surface area contributed by atoms with Crippen LogP contribution in [-0.2, 0) is 27.6 Å². The Hall–Kier alpha value is -2.42. The molecule has 2 atom stereocenters. The predicted molar refractivity (Wildman–Crippen MR) is 126 cm³/mol. The fraction of sp³-hybridized carbons (Fsp3) is 0.458. The molecule has 7 nitrogen and oxygen atoms in total. The molecule has 0 aliphatic rings. The van der Waals surface area contributed by atoms with Crippen LogP contribution in [0.1, 0.15) is 30.4 Å². The lowest BCUT2D eigenvalue weighted by Crippen LogP contribution is -2.48. The molecule has 0 saturated carbocycles. The average molecular weight is 463 g/mol. The molecule has 0 fully saturated rings. The van der Waals surface area contributed by atoms with E-state index in [4.69, 9.17) is 4.74 Å². The number of unbranched alkanes of at least 4 members (excludes halogenated alkanes) is 1. The number of nitrogens with one attached hydrogen (secondary N) is 2. The van der Waals surface area contributed by atoms with Gasteiger partial charge in [-0.1, -0.05) is 42.5 Å². The Kier molecular flexibility index (Phi) is 10.7. The van der Waals surface area contributed by atoms with Crippen molar-refractivity contribution in [2.45, 2.75) is 44.4 Å². The van der Waals surface area contributed by atoms with Crippen molar-refractivity contribution in [1.29, 1.82) is 0 Å². The summed E-state index contributed by atoms with van der Waals surface area (Å²) >= 11 is 0. The lowest BCUT2D eigenvalue weighted by Gasteiger charge is -2.25. The van der Waals surface area contributed by atoms with Crippen LogP contribution in [0.2, 0.25) is 0 Å². The summed E-state index contributed by atoms with van der Waals surface area (Å²) in [5.74, 6) is 0.658. The van der Waals surface area contributed by atoms with E-state index < -0.39 is 22.0 Å². The van der Waals surface area contributed by atoms with E-state index in [0.717, 1.165) is 16.9 Å². The maximum absolute atomic E-state index is 12.4. The molecule has 3 N–H and O–H groups in total. The van der Waals surface area contributed by atoms with E-state index >= 15 is 0 Å². The van der Waals surface area contributed by atoms with Crippen LogP contribution in [0, 0.1) is 0 Å². The number of amides is 1. The summed E-state index contributed by atoms with van der Waals surface area (Å²) < 4.78 is 27.7. The van der Waals surface area contributed by atoms with Gasteiger partial charge in [-0.3, -0.25) is 4.79 Å². The largest absolute Gasteiger partial charge is 0.497 e. The quantitative estimate of drug-likeness (QED) is 0.372. The number of carbonyl (C=O) groups is 1. The molecule has 0 aromatic heterocycles. The van der Waals surface area contributed by atoms with E-state index in [0.29, 0.717) is 32.4 Å². The van der Waals surface area contributed by atoms with Crippen molar-refractivity contribution < 1.29 is 23.1 Å². The van der Waals surface area contributed by atoms with Gasteiger partial charge in [-0.2, -0.15) is 0 Å². The first-order valence-corrected chi connectivity index (χ1v) is 12.9. The molecule has 2 unspecified atom stereocenters. The van der Waals surface area contributed by atoms with Crippen LogP contribution in [0.5, 0.6) is 5.75 Å². The van der Waals surface area contributed by atoms with Gasteiger partial charge < -0.3 is 20.5 Å². The van der Waals surface area contributed by atoms with Gasteiger partial charge >= 0.3 is 0 Å². The van der Waals surface area contributed by atoms with E-state index in [-0.39, 0.29) is 18.1 Å². The van der Waals surface area contributed by atoms with Gasteiger partial charge in [0.25, 0.3) is 0 Å². The monoisotopic (exact) mass is 462 g/mol. The topological polar surface area (TPSA) is 105 Å². The highest BCUT2D eigenvalue weighted by Gasteiger charge is 2.21. The molecule has 0 saturated heterocycles. The van der Waals surface area contributed by atoms with Crippen LogP contribution in [0.15, 0.2) is 54.6 Å². The molecule has 2 rings (SSSR count). The first-order chi connectivity index (χ1) is 15.3. The molecule has 0 spiro atoms. The van der Waals surface area contributed by atoms with E-state index in [1.54, 1.807) is 7.11 Å². The highest BCUT2D eigenvalue weighted by Crippen LogP contribution is 2.12. The second-order valence-electron chi connectivity index (χ2n) is 8.00. The van der Waals surface area contributed by atoms with Crippen molar-refractivity contribution in [2.75, 3.05) is 25.7 Å². The number of benzene rings is 2. The third-order valence-electron chi connectivity index (χ3n) is 5.10. The number of rotatable bonds is 14. The highest BCUT2D eigenvalue weighted by atomic mass is 32.2. The molecule has 0 bridgehead atoms. The van der Waals surface area contributed by atoms with Crippen molar-refractivity contribution in [2.24, 2.45) is 0 Å². The van der Waals surface area contributed by atoms with Crippen molar-refractivity contribution >= 4 is 15.7 Å². The highest BCUT2D eigenvalue weighted by molar-refractivity contribution is 7.90. The maximum atomic E-state index is 12.4. The summed E-state index contributed by atoms with van der Waals surface area (Å²) in [4.78, 5) is 12.4. The minimum Gasteiger partial charge on any atom is -0.497 e. The van der Waals surface area contributed by atoms with Crippen molar-refractivity contribution in [3.63, 3.8) is 0 Å². The van der Waals surface area contributed by atoms with E-state index in [1.165, 1.54) is 6.26 Å². The van der Waals surface area contributed by atoms with Crippen molar-refractivity contribution in [3.05, 3.63) is 65.7 Å².